The quantitative estimate of drug-likeness (QED) is 0.721. The SMILES string of the molecule is CNc1nc(Cl)ccc1C(F)(F)F. The lowest BCUT2D eigenvalue weighted by Crippen LogP contribution is -2.10. The molecule has 0 saturated carbocycles. The van der Waals surface area contributed by atoms with Gasteiger partial charge in [-0.15, -0.1) is 0 Å². The van der Waals surface area contributed by atoms with Crippen molar-refractivity contribution in [2.24, 2.45) is 0 Å². The molecule has 0 radical (unpaired) electrons. The topological polar surface area (TPSA) is 24.9 Å². The van der Waals surface area contributed by atoms with Gasteiger partial charge in [-0.25, -0.2) is 4.98 Å². The van der Waals surface area contributed by atoms with E-state index < -0.39 is 11.7 Å². The summed E-state index contributed by atoms with van der Waals surface area (Å²) in [6.07, 6.45) is -4.41. The number of alkyl halides is 3. The molecule has 13 heavy (non-hydrogen) atoms. The lowest BCUT2D eigenvalue weighted by molar-refractivity contribution is -0.137. The first kappa shape index (κ1) is 10.1. The Morgan fingerprint density at radius 3 is 2.46 bits per heavy atom. The zero-order valence-corrected chi connectivity index (χ0v) is 7.37. The maximum Gasteiger partial charge on any atom is 0.419 e. The second-order valence-corrected chi connectivity index (χ2v) is 2.67. The molecule has 0 bridgehead atoms. The molecule has 0 aromatic carbocycles. The second kappa shape index (κ2) is 3.41. The molecule has 1 aromatic rings. The highest BCUT2D eigenvalue weighted by atomic mass is 35.5. The molecule has 0 aliphatic heterocycles. The molecule has 2 nitrogen and oxygen atoms in total. The van der Waals surface area contributed by atoms with E-state index in [0.717, 1.165) is 12.1 Å². The first-order chi connectivity index (χ1) is 5.95. The first-order valence-corrected chi connectivity index (χ1v) is 3.74. The van der Waals surface area contributed by atoms with Crippen LogP contribution < -0.4 is 5.32 Å². The summed E-state index contributed by atoms with van der Waals surface area (Å²) in [6.45, 7) is 0. The van der Waals surface area contributed by atoms with Crippen molar-refractivity contribution >= 4 is 17.4 Å². The van der Waals surface area contributed by atoms with E-state index in [0.29, 0.717) is 0 Å². The fourth-order valence-electron chi connectivity index (χ4n) is 0.855. The van der Waals surface area contributed by atoms with Gasteiger partial charge < -0.3 is 5.32 Å². The lowest BCUT2D eigenvalue weighted by Gasteiger charge is -2.10. The van der Waals surface area contributed by atoms with E-state index in [9.17, 15) is 13.2 Å². The van der Waals surface area contributed by atoms with Crippen LogP contribution in [0.25, 0.3) is 0 Å². The molecule has 0 fully saturated rings. The molecule has 0 aliphatic rings. The van der Waals surface area contributed by atoms with E-state index in [1.807, 2.05) is 0 Å². The van der Waals surface area contributed by atoms with Crippen LogP contribution in [0.4, 0.5) is 19.0 Å². The summed E-state index contributed by atoms with van der Waals surface area (Å²) in [6, 6.07) is 1.99. The van der Waals surface area contributed by atoms with Crippen molar-refractivity contribution < 1.29 is 13.2 Å². The van der Waals surface area contributed by atoms with Gasteiger partial charge in [-0.2, -0.15) is 13.2 Å². The number of nitrogens with zero attached hydrogens (tertiary/aromatic N) is 1. The molecule has 0 aliphatic carbocycles. The number of nitrogens with one attached hydrogen (secondary N) is 1. The Balaban J connectivity index is 3.22. The van der Waals surface area contributed by atoms with Crippen molar-refractivity contribution in [3.05, 3.63) is 22.8 Å². The third kappa shape index (κ3) is 2.24. The Kier molecular flexibility index (Phi) is 2.66. The van der Waals surface area contributed by atoms with E-state index in [2.05, 4.69) is 10.3 Å². The van der Waals surface area contributed by atoms with Crippen LogP contribution in [0, 0.1) is 0 Å². The van der Waals surface area contributed by atoms with Crippen LogP contribution in [0.5, 0.6) is 0 Å². The molecule has 1 aromatic heterocycles. The highest BCUT2D eigenvalue weighted by molar-refractivity contribution is 6.29. The van der Waals surface area contributed by atoms with Crippen LogP contribution in [-0.2, 0) is 6.18 Å². The highest BCUT2D eigenvalue weighted by Gasteiger charge is 2.34. The van der Waals surface area contributed by atoms with Crippen LogP contribution in [-0.4, -0.2) is 12.0 Å². The van der Waals surface area contributed by atoms with Gasteiger partial charge in [0.2, 0.25) is 0 Å². The minimum atomic E-state index is -4.41. The van der Waals surface area contributed by atoms with Crippen LogP contribution in [0.3, 0.4) is 0 Å². The zero-order valence-electron chi connectivity index (χ0n) is 6.61. The summed E-state index contributed by atoms with van der Waals surface area (Å²) in [5.41, 5.74) is -0.820. The second-order valence-electron chi connectivity index (χ2n) is 2.28. The number of pyridine rings is 1. The Morgan fingerprint density at radius 2 is 2.00 bits per heavy atom. The predicted octanol–water partition coefficient (Wildman–Crippen LogP) is 2.80. The number of aromatic nitrogens is 1. The minimum absolute atomic E-state index is 0.0253. The maximum absolute atomic E-state index is 12.2. The molecule has 6 heteroatoms. The average molecular weight is 211 g/mol. The molecule has 1 rings (SSSR count). The molecule has 0 spiro atoms. The molecule has 0 amide bonds. The van der Waals surface area contributed by atoms with Crippen LogP contribution >= 0.6 is 11.6 Å². The summed E-state index contributed by atoms with van der Waals surface area (Å²) in [4.78, 5) is 3.49. The lowest BCUT2D eigenvalue weighted by atomic mass is 10.2. The van der Waals surface area contributed by atoms with Crippen LogP contribution in [0.1, 0.15) is 5.56 Å². The van der Waals surface area contributed by atoms with Gasteiger partial charge in [0.15, 0.2) is 0 Å². The largest absolute Gasteiger partial charge is 0.419 e. The van der Waals surface area contributed by atoms with Crippen molar-refractivity contribution in [1.29, 1.82) is 0 Å². The molecule has 0 saturated heterocycles. The summed E-state index contributed by atoms with van der Waals surface area (Å²) < 4.78 is 36.7. The number of anilines is 1. The summed E-state index contributed by atoms with van der Waals surface area (Å²) in [7, 11) is 1.36. The van der Waals surface area contributed by atoms with E-state index in [4.69, 9.17) is 11.6 Å². The molecule has 0 atom stereocenters. The summed E-state index contributed by atoms with van der Waals surface area (Å²) in [5.74, 6) is -0.264. The molecule has 0 unspecified atom stereocenters. The highest BCUT2D eigenvalue weighted by Crippen LogP contribution is 2.34. The number of hydrogen-bond donors (Lipinski definition) is 1. The van der Waals surface area contributed by atoms with Gasteiger partial charge in [-0.3, -0.25) is 0 Å². The molecule has 72 valence electrons. The Hall–Kier alpha value is -0.970. The van der Waals surface area contributed by atoms with Gasteiger partial charge in [0.25, 0.3) is 0 Å². The zero-order chi connectivity index (χ0) is 10.1. The van der Waals surface area contributed by atoms with Crippen molar-refractivity contribution in [1.82, 2.24) is 4.98 Å². The monoisotopic (exact) mass is 210 g/mol. The Labute approximate surface area is 77.7 Å². The van der Waals surface area contributed by atoms with Crippen molar-refractivity contribution in [3.8, 4) is 0 Å². The van der Waals surface area contributed by atoms with Gasteiger partial charge >= 0.3 is 6.18 Å². The van der Waals surface area contributed by atoms with Gasteiger partial charge in [0, 0.05) is 7.05 Å². The number of rotatable bonds is 1. The molecule has 1 heterocycles. The van der Waals surface area contributed by atoms with Crippen molar-refractivity contribution in [2.45, 2.75) is 6.18 Å². The predicted molar refractivity (Wildman–Crippen MR) is 43.8 cm³/mol. The minimum Gasteiger partial charge on any atom is -0.373 e. The van der Waals surface area contributed by atoms with Gasteiger partial charge in [0.1, 0.15) is 11.0 Å². The smallest absolute Gasteiger partial charge is 0.373 e. The number of halogens is 4. The normalized spacial score (nSPS) is 11.5. The third-order valence-corrected chi connectivity index (χ3v) is 1.61. The molecule has 1 N–H and O–H groups in total. The fraction of sp³-hybridized carbons (Fsp3) is 0.286. The summed E-state index contributed by atoms with van der Waals surface area (Å²) >= 11 is 5.43. The number of hydrogen-bond acceptors (Lipinski definition) is 2. The maximum atomic E-state index is 12.2. The standard InChI is InChI=1S/C7H6ClF3N2/c1-12-6-4(7(9,10)11)2-3-5(8)13-6/h2-3H,1H3,(H,12,13). The van der Waals surface area contributed by atoms with E-state index in [-0.39, 0.29) is 11.0 Å². The molecular weight excluding hydrogens is 205 g/mol. The van der Waals surface area contributed by atoms with Gasteiger partial charge in [0.05, 0.1) is 5.56 Å². The van der Waals surface area contributed by atoms with E-state index in [1.165, 1.54) is 7.05 Å². The Morgan fingerprint density at radius 1 is 1.38 bits per heavy atom. The third-order valence-electron chi connectivity index (χ3n) is 1.40. The van der Waals surface area contributed by atoms with Crippen molar-refractivity contribution in [3.63, 3.8) is 0 Å². The van der Waals surface area contributed by atoms with E-state index >= 15 is 0 Å². The Bertz CT molecular complexity index is 311. The van der Waals surface area contributed by atoms with Crippen LogP contribution in [0.15, 0.2) is 12.1 Å². The average Bonchev–Trinajstić information content (AvgIpc) is 2.01. The fourth-order valence-corrected chi connectivity index (χ4v) is 1.00. The van der Waals surface area contributed by atoms with Gasteiger partial charge in [-0.05, 0) is 12.1 Å². The van der Waals surface area contributed by atoms with Crippen LogP contribution in [0.2, 0.25) is 5.15 Å². The van der Waals surface area contributed by atoms with Gasteiger partial charge in [-0.1, -0.05) is 11.6 Å². The van der Waals surface area contributed by atoms with E-state index in [1.54, 1.807) is 0 Å². The first-order valence-electron chi connectivity index (χ1n) is 3.36. The van der Waals surface area contributed by atoms with Crippen molar-refractivity contribution in [2.75, 3.05) is 12.4 Å². The molecular formula is C7H6ClF3N2. The summed E-state index contributed by atoms with van der Waals surface area (Å²) in [5, 5.41) is 2.35.